The fraction of sp³-hybridized carbons (Fsp3) is 0.750. The van der Waals surface area contributed by atoms with Gasteiger partial charge in [0, 0.05) is 5.92 Å². The summed E-state index contributed by atoms with van der Waals surface area (Å²) < 4.78 is 0. The van der Waals surface area contributed by atoms with Crippen molar-refractivity contribution in [3.63, 3.8) is 0 Å². The summed E-state index contributed by atoms with van der Waals surface area (Å²) >= 11 is 0. The highest BCUT2D eigenvalue weighted by Crippen LogP contribution is 1.84. The minimum atomic E-state index is -0.241. The summed E-state index contributed by atoms with van der Waals surface area (Å²) in [5, 5.41) is 0. The third kappa shape index (κ3) is 9.41. The monoisotopic (exact) mass is 160 g/mol. The highest BCUT2D eigenvalue weighted by molar-refractivity contribution is 5.85. The fourth-order valence-corrected chi connectivity index (χ4v) is 0. The predicted molar refractivity (Wildman–Crippen MR) is 39.6 cm³/mol. The van der Waals surface area contributed by atoms with Crippen LogP contribution in [0, 0.1) is 5.92 Å². The molecule has 4 heteroatoms. The SMILES string of the molecule is CC(C)C(N)=O.Cl.Cl.[H+]. The Morgan fingerprint density at radius 3 is 1.62 bits per heavy atom. The molecule has 1 amide bonds. The topological polar surface area (TPSA) is 43.1 Å². The Balaban J connectivity index is -0.0000000417. The number of amides is 1. The van der Waals surface area contributed by atoms with Gasteiger partial charge in [-0.2, -0.15) is 0 Å². The van der Waals surface area contributed by atoms with Gasteiger partial charge in [-0.25, -0.2) is 0 Å². The van der Waals surface area contributed by atoms with Crippen LogP contribution in [-0.4, -0.2) is 5.91 Å². The maximum Gasteiger partial charge on any atom is 1.00 e. The fourth-order valence-electron chi connectivity index (χ4n) is 0. The van der Waals surface area contributed by atoms with Gasteiger partial charge in [0.05, 0.1) is 0 Å². The third-order valence-electron chi connectivity index (χ3n) is 0.569. The molecule has 0 aromatic carbocycles. The Labute approximate surface area is 63.1 Å². The van der Waals surface area contributed by atoms with E-state index >= 15 is 0 Å². The highest BCUT2D eigenvalue weighted by Gasteiger charge is 1.96. The summed E-state index contributed by atoms with van der Waals surface area (Å²) in [4.78, 5) is 9.92. The third-order valence-corrected chi connectivity index (χ3v) is 0.569. The lowest BCUT2D eigenvalue weighted by atomic mass is 10.2. The summed E-state index contributed by atoms with van der Waals surface area (Å²) in [5.74, 6) is -0.250. The van der Waals surface area contributed by atoms with Crippen molar-refractivity contribution < 1.29 is 6.22 Å². The lowest BCUT2D eigenvalue weighted by Crippen LogP contribution is -2.17. The van der Waals surface area contributed by atoms with Crippen molar-refractivity contribution >= 4 is 30.7 Å². The molecule has 0 aromatic rings. The van der Waals surface area contributed by atoms with E-state index in [-0.39, 0.29) is 38.1 Å². The summed E-state index contributed by atoms with van der Waals surface area (Å²) in [5.41, 5.74) is 4.80. The first-order chi connectivity index (χ1) is 2.64. The number of carbonyl (C=O) groups is 1. The van der Waals surface area contributed by atoms with E-state index in [1.165, 1.54) is 0 Å². The molecule has 0 heterocycles. The predicted octanol–water partition coefficient (Wildman–Crippen LogP) is 1.08. The smallest absolute Gasteiger partial charge is 0.369 e. The zero-order chi connectivity index (χ0) is 5.15. The first-order valence-electron chi connectivity index (χ1n) is 1.94. The molecule has 52 valence electrons. The lowest BCUT2D eigenvalue weighted by Gasteiger charge is -1.90. The average molecular weight is 161 g/mol. The first-order valence-corrected chi connectivity index (χ1v) is 1.94. The Kier molecular flexibility index (Phi) is 13.8. The lowest BCUT2D eigenvalue weighted by molar-refractivity contribution is -0.120. The number of hydrogen-bond acceptors (Lipinski definition) is 1. The van der Waals surface area contributed by atoms with Crippen molar-refractivity contribution in [2.24, 2.45) is 11.7 Å². The molecular weight excluding hydrogens is 149 g/mol. The number of carbonyl (C=O) groups excluding carboxylic acids is 1. The van der Waals surface area contributed by atoms with Crippen molar-refractivity contribution in [2.45, 2.75) is 13.8 Å². The molecule has 0 saturated carbocycles. The van der Waals surface area contributed by atoms with Crippen LogP contribution in [0.15, 0.2) is 0 Å². The van der Waals surface area contributed by atoms with Crippen LogP contribution in [-0.2, 0) is 4.79 Å². The minimum Gasteiger partial charge on any atom is -0.369 e. The van der Waals surface area contributed by atoms with Crippen molar-refractivity contribution in [1.29, 1.82) is 0 Å². The van der Waals surface area contributed by atoms with Gasteiger partial charge >= 0.3 is 1.43 Å². The molecular formula is C4H12Cl2NO+. The van der Waals surface area contributed by atoms with E-state index in [0.29, 0.717) is 0 Å². The number of nitrogens with two attached hydrogens (primary N) is 1. The standard InChI is InChI=1S/C4H9NO.2ClH/c1-3(2)4(5)6;;/h3H,1-2H3,(H2,5,6);2*1H/p+1. The molecule has 0 fully saturated rings. The van der Waals surface area contributed by atoms with E-state index in [1.807, 2.05) is 0 Å². The van der Waals surface area contributed by atoms with Gasteiger partial charge in [0.1, 0.15) is 0 Å². The van der Waals surface area contributed by atoms with Gasteiger partial charge in [0.2, 0.25) is 5.91 Å². The van der Waals surface area contributed by atoms with Gasteiger partial charge < -0.3 is 5.73 Å². The Morgan fingerprint density at radius 1 is 1.50 bits per heavy atom. The molecule has 0 spiro atoms. The molecule has 2 nitrogen and oxygen atoms in total. The van der Waals surface area contributed by atoms with Crippen LogP contribution in [0.2, 0.25) is 0 Å². The van der Waals surface area contributed by atoms with Gasteiger partial charge in [-0.1, -0.05) is 13.8 Å². The van der Waals surface area contributed by atoms with Crippen molar-refractivity contribution in [1.82, 2.24) is 0 Å². The highest BCUT2D eigenvalue weighted by atomic mass is 35.5. The number of rotatable bonds is 1. The number of primary amides is 1. The molecule has 0 bridgehead atoms. The summed E-state index contributed by atoms with van der Waals surface area (Å²) in [6.07, 6.45) is 0. The molecule has 0 aliphatic rings. The molecule has 0 radical (unpaired) electrons. The summed E-state index contributed by atoms with van der Waals surface area (Å²) in [7, 11) is 0. The van der Waals surface area contributed by atoms with Crippen LogP contribution in [0.1, 0.15) is 15.3 Å². The largest absolute Gasteiger partial charge is 1.00 e. The zero-order valence-electron chi connectivity index (χ0n) is 5.88. The van der Waals surface area contributed by atoms with E-state index < -0.39 is 0 Å². The van der Waals surface area contributed by atoms with Gasteiger partial charge in [-0.05, 0) is 0 Å². The Morgan fingerprint density at radius 2 is 1.62 bits per heavy atom. The molecule has 0 saturated heterocycles. The van der Waals surface area contributed by atoms with Gasteiger partial charge in [0.25, 0.3) is 0 Å². The Bertz CT molecular complexity index is 69.6. The van der Waals surface area contributed by atoms with Crippen molar-refractivity contribution in [3.8, 4) is 0 Å². The zero-order valence-corrected chi connectivity index (χ0v) is 6.51. The normalized spacial score (nSPS) is 6.88. The van der Waals surface area contributed by atoms with Gasteiger partial charge in [-0.3, -0.25) is 4.79 Å². The molecule has 0 aliphatic heterocycles. The van der Waals surface area contributed by atoms with Crippen LogP contribution in [0.5, 0.6) is 0 Å². The Hall–Kier alpha value is 0.0500. The quantitative estimate of drug-likeness (QED) is 0.614. The second-order valence-corrected chi connectivity index (χ2v) is 1.56. The van der Waals surface area contributed by atoms with Crippen LogP contribution in [0.4, 0.5) is 0 Å². The second kappa shape index (κ2) is 7.05. The maximum atomic E-state index is 9.92. The average Bonchev–Trinajstić information content (AvgIpc) is 1.36. The van der Waals surface area contributed by atoms with Crippen LogP contribution in [0.3, 0.4) is 0 Å². The number of hydrogen-bond donors (Lipinski definition) is 1. The molecule has 0 aliphatic carbocycles. The van der Waals surface area contributed by atoms with E-state index in [4.69, 9.17) is 5.73 Å². The van der Waals surface area contributed by atoms with Gasteiger partial charge in [0.15, 0.2) is 0 Å². The minimum absolute atomic E-state index is 0. The molecule has 0 rings (SSSR count). The first kappa shape index (κ1) is 15.7. The summed E-state index contributed by atoms with van der Waals surface area (Å²) in [6, 6.07) is 0. The second-order valence-electron chi connectivity index (χ2n) is 1.56. The number of halogens is 2. The van der Waals surface area contributed by atoms with E-state index in [2.05, 4.69) is 0 Å². The molecule has 0 aromatic heterocycles. The van der Waals surface area contributed by atoms with Crippen LogP contribution < -0.4 is 5.73 Å². The van der Waals surface area contributed by atoms with E-state index in [0.717, 1.165) is 0 Å². The summed E-state index contributed by atoms with van der Waals surface area (Å²) in [6.45, 7) is 3.53. The molecule has 0 unspecified atom stereocenters. The molecule has 0 atom stereocenters. The van der Waals surface area contributed by atoms with Crippen LogP contribution >= 0.6 is 24.8 Å². The van der Waals surface area contributed by atoms with Gasteiger partial charge in [-0.15, -0.1) is 24.8 Å². The van der Waals surface area contributed by atoms with Crippen LogP contribution in [0.25, 0.3) is 0 Å². The van der Waals surface area contributed by atoms with E-state index in [1.54, 1.807) is 13.8 Å². The van der Waals surface area contributed by atoms with Crippen molar-refractivity contribution in [3.05, 3.63) is 0 Å². The van der Waals surface area contributed by atoms with Crippen molar-refractivity contribution in [2.75, 3.05) is 0 Å². The molecule has 2 N–H and O–H groups in total. The maximum absolute atomic E-state index is 9.92. The van der Waals surface area contributed by atoms with E-state index in [9.17, 15) is 4.79 Å². The molecule has 8 heavy (non-hydrogen) atoms.